The number of Topliss-reactive ketones (excluding diaryl/α,β-unsaturated/α-hetero) is 1. The van der Waals surface area contributed by atoms with E-state index in [1.165, 1.54) is 12.8 Å². The maximum Gasteiger partial charge on any atom is 0.137 e. The monoisotopic (exact) mass is 349 g/mol. The Hall–Kier alpha value is -0.450. The van der Waals surface area contributed by atoms with E-state index >= 15 is 0 Å². The fourth-order valence-electron chi connectivity index (χ4n) is 8.03. The lowest BCUT2D eigenvalue weighted by molar-refractivity contribution is -0.138. The summed E-state index contributed by atoms with van der Waals surface area (Å²) in [5, 5.41) is 21.3. The van der Waals surface area contributed by atoms with E-state index in [9.17, 15) is 15.0 Å². The summed E-state index contributed by atoms with van der Waals surface area (Å²) in [6.07, 6.45) is 8.07. The van der Waals surface area contributed by atoms with Gasteiger partial charge in [0.25, 0.3) is 0 Å². The van der Waals surface area contributed by atoms with E-state index in [-0.39, 0.29) is 11.2 Å². The zero-order valence-corrected chi connectivity index (χ0v) is 16.0. The van der Waals surface area contributed by atoms with Gasteiger partial charge in [-0.15, -0.1) is 0 Å². The van der Waals surface area contributed by atoms with E-state index in [4.69, 9.17) is 5.73 Å². The van der Waals surface area contributed by atoms with Gasteiger partial charge in [0, 0.05) is 0 Å². The molecule has 0 aromatic rings. The number of nitrogens with two attached hydrogens (primary N) is 1. The summed E-state index contributed by atoms with van der Waals surface area (Å²) in [6, 6.07) is 0. The molecule has 0 radical (unpaired) electrons. The standard InChI is InChI=1S/C21H35NO3/c1-12(23)18-20(3)9-7-15-14-6-8-19(2,24)10-13(14)4-5-16(15)17(20)11-21(18,22)25/h13-18,24-25H,4-11,22H2,1-3H3. The van der Waals surface area contributed by atoms with Crippen LogP contribution in [-0.2, 0) is 4.79 Å². The summed E-state index contributed by atoms with van der Waals surface area (Å²) in [7, 11) is 0. The zero-order chi connectivity index (χ0) is 18.2. The van der Waals surface area contributed by atoms with Crippen molar-refractivity contribution in [2.75, 3.05) is 0 Å². The van der Waals surface area contributed by atoms with E-state index in [1.54, 1.807) is 6.92 Å². The Morgan fingerprint density at radius 2 is 1.64 bits per heavy atom. The summed E-state index contributed by atoms with van der Waals surface area (Å²) in [4.78, 5) is 12.3. The highest BCUT2D eigenvalue weighted by Crippen LogP contribution is 2.65. The van der Waals surface area contributed by atoms with Crippen LogP contribution in [0.3, 0.4) is 0 Å². The smallest absolute Gasteiger partial charge is 0.137 e. The number of hydrogen-bond donors (Lipinski definition) is 3. The highest BCUT2D eigenvalue weighted by molar-refractivity contribution is 5.81. The van der Waals surface area contributed by atoms with Crippen molar-refractivity contribution in [3.05, 3.63) is 0 Å². The minimum absolute atomic E-state index is 0.0517. The molecular formula is C21H35NO3. The predicted molar refractivity (Wildman–Crippen MR) is 96.4 cm³/mol. The van der Waals surface area contributed by atoms with Crippen LogP contribution in [0.25, 0.3) is 0 Å². The van der Waals surface area contributed by atoms with Crippen LogP contribution < -0.4 is 5.73 Å². The molecule has 4 heteroatoms. The highest BCUT2D eigenvalue weighted by atomic mass is 16.3. The van der Waals surface area contributed by atoms with Crippen molar-refractivity contribution < 1.29 is 15.0 Å². The summed E-state index contributed by atoms with van der Waals surface area (Å²) in [5.74, 6) is 2.63. The van der Waals surface area contributed by atoms with Crippen LogP contribution in [0.5, 0.6) is 0 Å². The lowest BCUT2D eigenvalue weighted by Gasteiger charge is -2.56. The van der Waals surface area contributed by atoms with Crippen molar-refractivity contribution in [3.63, 3.8) is 0 Å². The van der Waals surface area contributed by atoms with E-state index in [1.807, 2.05) is 6.92 Å². The Kier molecular flexibility index (Phi) is 3.97. The molecule has 25 heavy (non-hydrogen) atoms. The van der Waals surface area contributed by atoms with Crippen molar-refractivity contribution in [3.8, 4) is 0 Å². The maximum absolute atomic E-state index is 12.3. The number of hydrogen-bond acceptors (Lipinski definition) is 4. The topological polar surface area (TPSA) is 83.6 Å². The van der Waals surface area contributed by atoms with Crippen molar-refractivity contribution in [2.24, 2.45) is 46.7 Å². The Balaban J connectivity index is 1.61. The lowest BCUT2D eigenvalue weighted by atomic mass is 9.49. The van der Waals surface area contributed by atoms with E-state index < -0.39 is 17.2 Å². The highest BCUT2D eigenvalue weighted by Gasteiger charge is 2.65. The molecule has 4 saturated carbocycles. The molecule has 4 nitrogen and oxygen atoms in total. The first-order valence-electron chi connectivity index (χ1n) is 10.3. The molecule has 0 aromatic carbocycles. The Morgan fingerprint density at radius 3 is 2.32 bits per heavy atom. The van der Waals surface area contributed by atoms with Crippen LogP contribution in [0.4, 0.5) is 0 Å². The van der Waals surface area contributed by atoms with Gasteiger partial charge in [0.05, 0.1) is 11.5 Å². The molecule has 4 aliphatic carbocycles. The van der Waals surface area contributed by atoms with Crippen molar-refractivity contribution >= 4 is 5.78 Å². The van der Waals surface area contributed by atoms with Crippen LogP contribution in [0.2, 0.25) is 0 Å². The molecule has 0 bridgehead atoms. The second-order valence-electron chi connectivity index (χ2n) is 10.5. The van der Waals surface area contributed by atoms with Crippen LogP contribution >= 0.6 is 0 Å². The van der Waals surface area contributed by atoms with Crippen LogP contribution in [0.15, 0.2) is 0 Å². The van der Waals surface area contributed by atoms with Gasteiger partial charge in [-0.25, -0.2) is 0 Å². The van der Waals surface area contributed by atoms with Crippen molar-refractivity contribution in [1.29, 1.82) is 0 Å². The zero-order valence-electron chi connectivity index (χ0n) is 16.0. The van der Waals surface area contributed by atoms with Crippen molar-refractivity contribution in [1.82, 2.24) is 0 Å². The number of carbonyl (C=O) groups excluding carboxylic acids is 1. The van der Waals surface area contributed by atoms with Crippen LogP contribution in [0, 0.1) is 40.9 Å². The first-order valence-corrected chi connectivity index (χ1v) is 10.3. The fraction of sp³-hybridized carbons (Fsp3) is 0.952. The first-order chi connectivity index (χ1) is 11.6. The normalized spacial score (nSPS) is 58.2. The van der Waals surface area contributed by atoms with E-state index in [2.05, 4.69) is 6.92 Å². The largest absolute Gasteiger partial charge is 0.390 e. The van der Waals surface area contributed by atoms with Gasteiger partial charge >= 0.3 is 0 Å². The summed E-state index contributed by atoms with van der Waals surface area (Å²) < 4.78 is 0. The van der Waals surface area contributed by atoms with Crippen LogP contribution in [0.1, 0.15) is 72.1 Å². The number of fused-ring (bicyclic) bond motifs is 5. The third-order valence-corrected chi connectivity index (χ3v) is 8.79. The second-order valence-corrected chi connectivity index (χ2v) is 10.5. The number of aliphatic hydroxyl groups is 2. The van der Waals surface area contributed by atoms with E-state index in [0.29, 0.717) is 36.0 Å². The van der Waals surface area contributed by atoms with Crippen LogP contribution in [-0.4, -0.2) is 27.3 Å². The minimum atomic E-state index is -1.34. The molecule has 4 rings (SSSR count). The quantitative estimate of drug-likeness (QED) is 0.636. The second kappa shape index (κ2) is 5.53. The minimum Gasteiger partial charge on any atom is -0.390 e. The van der Waals surface area contributed by atoms with Gasteiger partial charge in [0.1, 0.15) is 11.5 Å². The molecule has 4 aliphatic rings. The van der Waals surface area contributed by atoms with Gasteiger partial charge in [0.15, 0.2) is 0 Å². The van der Waals surface area contributed by atoms with E-state index in [0.717, 1.165) is 32.1 Å². The molecule has 0 amide bonds. The molecule has 0 saturated heterocycles. The van der Waals surface area contributed by atoms with Gasteiger partial charge in [-0.05, 0) is 100 Å². The Bertz CT molecular complexity index is 571. The molecule has 0 heterocycles. The predicted octanol–water partition coefficient (Wildman–Crippen LogP) is 2.85. The Morgan fingerprint density at radius 1 is 0.960 bits per heavy atom. The summed E-state index contributed by atoms with van der Waals surface area (Å²) in [6.45, 7) is 5.81. The molecule has 0 aromatic heterocycles. The third-order valence-electron chi connectivity index (χ3n) is 8.79. The van der Waals surface area contributed by atoms with Gasteiger partial charge in [-0.1, -0.05) is 6.92 Å². The SMILES string of the molecule is CC(=O)C1C(N)(O)CC2C3CCC4CC(C)(O)CCC4C3CCC21C. The molecule has 4 N–H and O–H groups in total. The van der Waals surface area contributed by atoms with Gasteiger partial charge in [0.2, 0.25) is 0 Å². The van der Waals surface area contributed by atoms with Gasteiger partial charge < -0.3 is 15.9 Å². The summed E-state index contributed by atoms with van der Waals surface area (Å²) in [5.41, 5.74) is 4.29. The molecule has 9 unspecified atom stereocenters. The number of ketones is 1. The Labute approximate surface area is 151 Å². The first kappa shape index (κ1) is 17.9. The molecule has 0 spiro atoms. The average molecular weight is 350 g/mol. The maximum atomic E-state index is 12.3. The number of rotatable bonds is 1. The van der Waals surface area contributed by atoms with Gasteiger partial charge in [-0.2, -0.15) is 0 Å². The molecule has 9 atom stereocenters. The molecular weight excluding hydrogens is 314 g/mol. The lowest BCUT2D eigenvalue weighted by Crippen LogP contribution is -2.52. The van der Waals surface area contributed by atoms with Crippen molar-refractivity contribution in [2.45, 2.75) is 83.5 Å². The number of carbonyl (C=O) groups is 1. The van der Waals surface area contributed by atoms with Gasteiger partial charge in [-0.3, -0.25) is 4.79 Å². The fourth-order valence-corrected chi connectivity index (χ4v) is 8.03. The third kappa shape index (κ3) is 2.62. The molecule has 142 valence electrons. The molecule has 4 fully saturated rings. The average Bonchev–Trinajstić information content (AvgIpc) is 2.70. The summed E-state index contributed by atoms with van der Waals surface area (Å²) >= 11 is 0. The molecule has 0 aliphatic heterocycles.